The molecule has 3 rings (SSSR count). The standard InChI is InChI=1S/C21H28F3N3O4/c22-21(23,24)14-4-6-15(7-5-14)25-20(30)26-17-9-8-16(31-18(17)13-28)12-19(29)27-10-2-1-3-11-27/h4-7,16-18,28H,1-3,8-13H2,(H2,25,26,30)/t16-,17-,18-/m1/s1. The SMILES string of the molecule is O=C(Nc1ccc(C(F)(F)F)cc1)N[C@@H]1CC[C@H](CC(=O)N2CCCCC2)O[C@@H]1CO. The first-order chi connectivity index (χ1) is 14.8. The maximum absolute atomic E-state index is 12.6. The minimum Gasteiger partial charge on any atom is -0.394 e. The van der Waals surface area contributed by atoms with Crippen molar-refractivity contribution in [1.29, 1.82) is 0 Å². The van der Waals surface area contributed by atoms with Gasteiger partial charge in [-0.15, -0.1) is 0 Å². The van der Waals surface area contributed by atoms with Crippen molar-refractivity contribution in [3.05, 3.63) is 29.8 Å². The molecule has 31 heavy (non-hydrogen) atoms. The van der Waals surface area contributed by atoms with Crippen molar-refractivity contribution >= 4 is 17.6 Å². The lowest BCUT2D eigenvalue weighted by Crippen LogP contribution is -2.52. The molecule has 0 unspecified atom stereocenters. The molecule has 172 valence electrons. The van der Waals surface area contributed by atoms with Crippen LogP contribution in [0.3, 0.4) is 0 Å². The van der Waals surface area contributed by atoms with Gasteiger partial charge in [0.15, 0.2) is 0 Å². The monoisotopic (exact) mass is 443 g/mol. The van der Waals surface area contributed by atoms with Crippen LogP contribution in [-0.2, 0) is 15.7 Å². The van der Waals surface area contributed by atoms with E-state index in [-0.39, 0.29) is 30.7 Å². The number of aliphatic hydroxyl groups excluding tert-OH is 1. The van der Waals surface area contributed by atoms with Crippen molar-refractivity contribution in [1.82, 2.24) is 10.2 Å². The number of urea groups is 1. The van der Waals surface area contributed by atoms with Crippen LogP contribution < -0.4 is 10.6 Å². The molecule has 2 heterocycles. The Labute approximate surface area is 178 Å². The highest BCUT2D eigenvalue weighted by atomic mass is 19.4. The fourth-order valence-electron chi connectivity index (χ4n) is 3.99. The van der Waals surface area contributed by atoms with E-state index in [9.17, 15) is 27.9 Å². The number of aliphatic hydroxyl groups is 1. The second-order valence-corrected chi connectivity index (χ2v) is 7.98. The van der Waals surface area contributed by atoms with Gasteiger partial charge in [0.25, 0.3) is 0 Å². The zero-order valence-electron chi connectivity index (χ0n) is 17.2. The zero-order chi connectivity index (χ0) is 22.4. The van der Waals surface area contributed by atoms with Crippen molar-refractivity contribution in [2.24, 2.45) is 0 Å². The van der Waals surface area contributed by atoms with Crippen molar-refractivity contribution < 1.29 is 32.6 Å². The topological polar surface area (TPSA) is 90.9 Å². The number of ether oxygens (including phenoxy) is 1. The lowest BCUT2D eigenvalue weighted by molar-refractivity contribution is -0.141. The number of likely N-dealkylation sites (tertiary alicyclic amines) is 1. The molecule has 0 aromatic heterocycles. The summed E-state index contributed by atoms with van der Waals surface area (Å²) in [5, 5.41) is 14.9. The molecular formula is C21H28F3N3O4. The maximum atomic E-state index is 12.6. The van der Waals surface area contributed by atoms with E-state index in [1.807, 2.05) is 4.90 Å². The van der Waals surface area contributed by atoms with E-state index in [0.29, 0.717) is 12.8 Å². The number of carbonyl (C=O) groups is 2. The summed E-state index contributed by atoms with van der Waals surface area (Å²) in [5.41, 5.74) is -0.586. The number of hydrogen-bond donors (Lipinski definition) is 3. The molecule has 2 saturated heterocycles. The van der Waals surface area contributed by atoms with Gasteiger partial charge in [0.1, 0.15) is 6.10 Å². The average molecular weight is 443 g/mol. The first-order valence-electron chi connectivity index (χ1n) is 10.5. The molecule has 3 N–H and O–H groups in total. The highest BCUT2D eigenvalue weighted by Crippen LogP contribution is 2.30. The van der Waals surface area contributed by atoms with E-state index < -0.39 is 29.9 Å². The van der Waals surface area contributed by atoms with Crippen LogP contribution in [0.25, 0.3) is 0 Å². The third kappa shape index (κ3) is 6.57. The minimum atomic E-state index is -4.44. The van der Waals surface area contributed by atoms with E-state index in [4.69, 9.17) is 4.74 Å². The van der Waals surface area contributed by atoms with Gasteiger partial charge in [-0.25, -0.2) is 4.79 Å². The molecule has 3 atom stereocenters. The van der Waals surface area contributed by atoms with Gasteiger partial charge < -0.3 is 25.4 Å². The Balaban J connectivity index is 1.48. The van der Waals surface area contributed by atoms with Crippen molar-refractivity contribution in [3.8, 4) is 0 Å². The third-order valence-electron chi connectivity index (χ3n) is 5.69. The molecule has 1 aromatic rings. The number of piperidine rings is 1. The summed E-state index contributed by atoms with van der Waals surface area (Å²) in [6.07, 6.45) is -0.939. The van der Waals surface area contributed by atoms with Gasteiger partial charge in [-0.3, -0.25) is 4.79 Å². The minimum absolute atomic E-state index is 0.0489. The molecule has 7 nitrogen and oxygen atoms in total. The lowest BCUT2D eigenvalue weighted by Gasteiger charge is -2.37. The van der Waals surface area contributed by atoms with E-state index in [1.54, 1.807) is 0 Å². The van der Waals surface area contributed by atoms with Gasteiger partial charge in [-0.05, 0) is 56.4 Å². The number of benzene rings is 1. The number of nitrogens with one attached hydrogen (secondary N) is 2. The molecule has 10 heteroatoms. The van der Waals surface area contributed by atoms with Crippen LogP contribution in [0.1, 0.15) is 44.1 Å². The fraction of sp³-hybridized carbons (Fsp3) is 0.619. The summed E-state index contributed by atoms with van der Waals surface area (Å²) in [6, 6.07) is 3.05. The quantitative estimate of drug-likeness (QED) is 0.652. The van der Waals surface area contributed by atoms with Crippen LogP contribution in [0.4, 0.5) is 23.7 Å². The smallest absolute Gasteiger partial charge is 0.394 e. The van der Waals surface area contributed by atoms with E-state index >= 15 is 0 Å². The normalized spacial score (nSPS) is 24.5. The lowest BCUT2D eigenvalue weighted by atomic mass is 9.96. The molecule has 2 aliphatic rings. The molecule has 0 bridgehead atoms. The average Bonchev–Trinajstić information content (AvgIpc) is 2.75. The summed E-state index contributed by atoms with van der Waals surface area (Å²) < 4.78 is 43.7. The highest BCUT2D eigenvalue weighted by molar-refractivity contribution is 5.89. The van der Waals surface area contributed by atoms with Gasteiger partial charge in [0.2, 0.25) is 5.91 Å². The largest absolute Gasteiger partial charge is 0.416 e. The summed E-state index contributed by atoms with van der Waals surface area (Å²) >= 11 is 0. The number of nitrogens with zero attached hydrogens (tertiary/aromatic N) is 1. The Morgan fingerprint density at radius 1 is 1.10 bits per heavy atom. The van der Waals surface area contributed by atoms with E-state index in [0.717, 1.165) is 44.5 Å². The molecule has 0 aliphatic carbocycles. The first kappa shape index (κ1) is 23.3. The fourth-order valence-corrected chi connectivity index (χ4v) is 3.99. The Morgan fingerprint density at radius 2 is 1.77 bits per heavy atom. The van der Waals surface area contributed by atoms with E-state index in [2.05, 4.69) is 10.6 Å². The van der Waals surface area contributed by atoms with Gasteiger partial charge in [-0.1, -0.05) is 0 Å². The second kappa shape index (κ2) is 10.3. The maximum Gasteiger partial charge on any atom is 0.416 e. The number of amides is 3. The number of halogens is 3. The Hall–Kier alpha value is -2.33. The summed E-state index contributed by atoms with van der Waals surface area (Å²) in [4.78, 5) is 26.5. The molecule has 0 saturated carbocycles. The van der Waals surface area contributed by atoms with Crippen molar-refractivity contribution in [2.45, 2.75) is 63.0 Å². The summed E-state index contributed by atoms with van der Waals surface area (Å²) in [5.74, 6) is 0.0489. The third-order valence-corrected chi connectivity index (χ3v) is 5.69. The Kier molecular flexibility index (Phi) is 7.77. The van der Waals surface area contributed by atoms with Gasteiger partial charge in [0.05, 0.1) is 30.7 Å². The summed E-state index contributed by atoms with van der Waals surface area (Å²) in [6.45, 7) is 1.21. The van der Waals surface area contributed by atoms with Gasteiger partial charge >= 0.3 is 12.2 Å². The number of hydrogen-bond acceptors (Lipinski definition) is 4. The van der Waals surface area contributed by atoms with Crippen LogP contribution in [-0.4, -0.2) is 59.9 Å². The molecule has 2 fully saturated rings. The zero-order valence-corrected chi connectivity index (χ0v) is 17.2. The first-order valence-corrected chi connectivity index (χ1v) is 10.5. The van der Waals surface area contributed by atoms with Crippen LogP contribution in [0.15, 0.2) is 24.3 Å². The molecule has 2 aliphatic heterocycles. The Bertz CT molecular complexity index is 751. The van der Waals surface area contributed by atoms with Crippen molar-refractivity contribution in [2.75, 3.05) is 25.0 Å². The number of rotatable bonds is 5. The molecule has 0 radical (unpaired) electrons. The second-order valence-electron chi connectivity index (χ2n) is 7.98. The van der Waals surface area contributed by atoms with Crippen LogP contribution >= 0.6 is 0 Å². The number of carbonyl (C=O) groups excluding carboxylic acids is 2. The molecule has 1 aromatic carbocycles. The highest BCUT2D eigenvalue weighted by Gasteiger charge is 2.34. The van der Waals surface area contributed by atoms with Crippen molar-refractivity contribution in [3.63, 3.8) is 0 Å². The van der Waals surface area contributed by atoms with Gasteiger partial charge in [-0.2, -0.15) is 13.2 Å². The number of anilines is 1. The van der Waals surface area contributed by atoms with Crippen LogP contribution in [0.2, 0.25) is 0 Å². The van der Waals surface area contributed by atoms with Crippen LogP contribution in [0.5, 0.6) is 0 Å². The number of alkyl halides is 3. The van der Waals surface area contributed by atoms with Crippen LogP contribution in [0, 0.1) is 0 Å². The van der Waals surface area contributed by atoms with Gasteiger partial charge in [0, 0.05) is 18.8 Å². The summed E-state index contributed by atoms with van der Waals surface area (Å²) in [7, 11) is 0. The predicted molar refractivity (Wildman–Crippen MR) is 107 cm³/mol. The Morgan fingerprint density at radius 3 is 2.39 bits per heavy atom. The van der Waals surface area contributed by atoms with E-state index in [1.165, 1.54) is 12.1 Å². The molecule has 0 spiro atoms. The molecule has 3 amide bonds. The predicted octanol–water partition coefficient (Wildman–Crippen LogP) is 3.14. The molecular weight excluding hydrogens is 415 g/mol.